The van der Waals surface area contributed by atoms with Crippen molar-refractivity contribution in [3.8, 4) is 22.2 Å². The summed E-state index contributed by atoms with van der Waals surface area (Å²) in [4.78, 5) is 4.83. The Balaban J connectivity index is 1.42. The van der Waals surface area contributed by atoms with Crippen LogP contribution in [0.1, 0.15) is 51.4 Å². The molecule has 1 atom stereocenters. The molecule has 0 radical (unpaired) electrons. The van der Waals surface area contributed by atoms with Crippen molar-refractivity contribution >= 4 is 33.2 Å². The minimum Gasteiger partial charge on any atom is -0.454 e. The van der Waals surface area contributed by atoms with Gasteiger partial charge in [-0.1, -0.05) is 52.0 Å². The highest BCUT2D eigenvalue weighted by molar-refractivity contribution is 7.13. The Kier molecular flexibility index (Phi) is 5.07. The van der Waals surface area contributed by atoms with E-state index in [1.807, 2.05) is 6.07 Å². The van der Waals surface area contributed by atoms with Crippen LogP contribution in [0.2, 0.25) is 0 Å². The summed E-state index contributed by atoms with van der Waals surface area (Å²) in [5.41, 5.74) is 5.34. The molecule has 4 aromatic heterocycles. The molecule has 0 saturated carbocycles. The Bertz CT molecular complexity index is 1630. The number of para-hydroxylation sites is 1. The van der Waals surface area contributed by atoms with Crippen LogP contribution >= 0.6 is 11.3 Å². The van der Waals surface area contributed by atoms with Crippen LogP contribution in [0.15, 0.2) is 64.5 Å². The van der Waals surface area contributed by atoms with Gasteiger partial charge in [0.2, 0.25) is 0 Å². The lowest BCUT2D eigenvalue weighted by molar-refractivity contribution is 0.571. The van der Waals surface area contributed by atoms with E-state index in [4.69, 9.17) is 9.40 Å². The summed E-state index contributed by atoms with van der Waals surface area (Å²) in [6.45, 7) is 8.74. The van der Waals surface area contributed by atoms with E-state index >= 15 is 0 Å². The first kappa shape index (κ1) is 21.7. The molecule has 0 amide bonds. The molecule has 6 rings (SSSR count). The maximum Gasteiger partial charge on any atom is 0.181 e. The van der Waals surface area contributed by atoms with Crippen molar-refractivity contribution in [1.29, 1.82) is 0 Å². The van der Waals surface area contributed by atoms with E-state index in [-0.39, 0.29) is 11.5 Å². The molecule has 6 aromatic rings. The predicted octanol–water partition coefficient (Wildman–Crippen LogP) is 6.99. The molecule has 0 spiro atoms. The van der Waals surface area contributed by atoms with Gasteiger partial charge in [-0.2, -0.15) is 0 Å². The number of hydrogen-bond donors (Lipinski definition) is 1. The number of benzene rings is 2. The summed E-state index contributed by atoms with van der Waals surface area (Å²) in [6.07, 6.45) is 3.08. The van der Waals surface area contributed by atoms with Crippen LogP contribution in [0.5, 0.6) is 0 Å². The van der Waals surface area contributed by atoms with Crippen LogP contribution in [0.25, 0.3) is 44.0 Å². The SMILES string of the molecule is CCC(c1ccc2oc(-c3nc(C(C)(C)C)cs3)cc2c1)n1cc(-c2nnn[nH]2)c2ccccc21. The van der Waals surface area contributed by atoms with Crippen molar-refractivity contribution in [2.45, 2.75) is 45.6 Å². The van der Waals surface area contributed by atoms with E-state index in [1.165, 1.54) is 5.56 Å². The number of aromatic amines is 1. The third kappa shape index (κ3) is 3.74. The first-order valence-electron chi connectivity index (χ1n) is 11.8. The molecule has 1 N–H and O–H groups in total. The van der Waals surface area contributed by atoms with Gasteiger partial charge < -0.3 is 8.98 Å². The molecule has 0 aliphatic rings. The molecule has 2 aromatic carbocycles. The number of rotatable bonds is 5. The van der Waals surface area contributed by atoms with Gasteiger partial charge in [0.15, 0.2) is 16.6 Å². The number of hydrogen-bond acceptors (Lipinski definition) is 6. The van der Waals surface area contributed by atoms with Gasteiger partial charge in [-0.05, 0) is 46.7 Å². The monoisotopic (exact) mass is 482 g/mol. The average molecular weight is 483 g/mol. The maximum absolute atomic E-state index is 6.19. The van der Waals surface area contributed by atoms with Gasteiger partial charge in [-0.25, -0.2) is 10.1 Å². The standard InChI is InChI=1S/C27H26N6OS/c1-5-20(33-14-19(25-29-31-32-30-25)18-8-6-7-9-21(18)33)16-10-11-22-17(12-16)13-23(34-22)26-28-24(15-35-26)27(2,3)4/h6-15,20H,5H2,1-4H3,(H,29,30,31,32). The zero-order valence-corrected chi connectivity index (χ0v) is 20.9. The van der Waals surface area contributed by atoms with Crippen LogP contribution in [0.3, 0.4) is 0 Å². The predicted molar refractivity (Wildman–Crippen MR) is 140 cm³/mol. The van der Waals surface area contributed by atoms with Crippen molar-refractivity contribution in [2.24, 2.45) is 0 Å². The molecule has 176 valence electrons. The maximum atomic E-state index is 6.19. The van der Waals surface area contributed by atoms with E-state index in [0.29, 0.717) is 5.82 Å². The smallest absolute Gasteiger partial charge is 0.181 e. The molecular weight excluding hydrogens is 456 g/mol. The lowest BCUT2D eigenvalue weighted by Crippen LogP contribution is -2.11. The highest BCUT2D eigenvalue weighted by atomic mass is 32.1. The second kappa shape index (κ2) is 8.16. The van der Waals surface area contributed by atoms with Crippen molar-refractivity contribution < 1.29 is 4.42 Å². The van der Waals surface area contributed by atoms with E-state index in [0.717, 1.165) is 50.3 Å². The van der Waals surface area contributed by atoms with Crippen LogP contribution in [-0.4, -0.2) is 30.2 Å². The first-order valence-corrected chi connectivity index (χ1v) is 12.6. The Morgan fingerprint density at radius 2 is 1.97 bits per heavy atom. The number of fused-ring (bicyclic) bond motifs is 2. The quantitative estimate of drug-likeness (QED) is 0.286. The number of H-pyrrole nitrogens is 1. The van der Waals surface area contributed by atoms with Gasteiger partial charge >= 0.3 is 0 Å². The number of nitrogens with one attached hydrogen (secondary N) is 1. The normalized spacial score (nSPS) is 13.1. The van der Waals surface area contributed by atoms with Gasteiger partial charge in [0.1, 0.15) is 5.58 Å². The van der Waals surface area contributed by atoms with E-state index in [1.54, 1.807) is 11.3 Å². The molecule has 0 bridgehead atoms. The second-order valence-corrected chi connectivity index (χ2v) is 10.7. The molecule has 0 aliphatic heterocycles. The van der Waals surface area contributed by atoms with Crippen molar-refractivity contribution in [3.63, 3.8) is 0 Å². The van der Waals surface area contributed by atoms with Crippen LogP contribution in [0.4, 0.5) is 0 Å². The number of tetrazole rings is 1. The molecule has 4 heterocycles. The molecular formula is C27H26N6OS. The zero-order chi connectivity index (χ0) is 24.2. The van der Waals surface area contributed by atoms with Crippen LogP contribution in [-0.2, 0) is 5.41 Å². The van der Waals surface area contributed by atoms with Gasteiger partial charge in [-0.15, -0.1) is 16.4 Å². The van der Waals surface area contributed by atoms with Gasteiger partial charge in [0.25, 0.3) is 0 Å². The Labute approximate surface area is 206 Å². The number of thiazole rings is 1. The zero-order valence-electron chi connectivity index (χ0n) is 20.1. The topological polar surface area (TPSA) is 85.4 Å². The molecule has 35 heavy (non-hydrogen) atoms. The summed E-state index contributed by atoms with van der Waals surface area (Å²) >= 11 is 1.63. The summed E-state index contributed by atoms with van der Waals surface area (Å²) in [5.74, 6) is 1.49. The number of furan rings is 1. The third-order valence-corrected chi connectivity index (χ3v) is 7.33. The summed E-state index contributed by atoms with van der Waals surface area (Å²) in [6, 6.07) is 17.1. The van der Waals surface area contributed by atoms with Crippen LogP contribution < -0.4 is 0 Å². The Morgan fingerprint density at radius 1 is 1.11 bits per heavy atom. The van der Waals surface area contributed by atoms with E-state index in [2.05, 4.69) is 107 Å². The van der Waals surface area contributed by atoms with Crippen molar-refractivity contribution in [2.75, 3.05) is 0 Å². The molecule has 7 nitrogen and oxygen atoms in total. The first-order chi connectivity index (χ1) is 16.9. The fourth-order valence-corrected chi connectivity index (χ4v) is 5.62. The number of nitrogens with zero attached hydrogens (tertiary/aromatic N) is 5. The minimum atomic E-state index is 0.0163. The Morgan fingerprint density at radius 3 is 2.71 bits per heavy atom. The summed E-state index contributed by atoms with van der Waals surface area (Å²) < 4.78 is 8.52. The lowest BCUT2D eigenvalue weighted by atomic mass is 9.93. The summed E-state index contributed by atoms with van der Waals surface area (Å²) in [7, 11) is 0. The summed E-state index contributed by atoms with van der Waals surface area (Å²) in [5, 5.41) is 19.8. The highest BCUT2D eigenvalue weighted by Crippen LogP contribution is 2.37. The molecule has 0 aliphatic carbocycles. The van der Waals surface area contributed by atoms with Crippen molar-refractivity contribution in [1.82, 2.24) is 30.2 Å². The number of aromatic nitrogens is 6. The highest BCUT2D eigenvalue weighted by Gasteiger charge is 2.21. The fraction of sp³-hybridized carbons (Fsp3) is 0.259. The van der Waals surface area contributed by atoms with E-state index < -0.39 is 0 Å². The second-order valence-electron chi connectivity index (χ2n) is 9.84. The largest absolute Gasteiger partial charge is 0.454 e. The fourth-order valence-electron chi connectivity index (χ4n) is 4.62. The van der Waals surface area contributed by atoms with E-state index in [9.17, 15) is 0 Å². The van der Waals surface area contributed by atoms with Crippen LogP contribution in [0, 0.1) is 0 Å². The molecule has 1 unspecified atom stereocenters. The minimum absolute atomic E-state index is 0.0163. The van der Waals surface area contributed by atoms with Gasteiger partial charge in [0, 0.05) is 38.8 Å². The van der Waals surface area contributed by atoms with Gasteiger partial charge in [0.05, 0.1) is 11.7 Å². The molecule has 0 fully saturated rings. The van der Waals surface area contributed by atoms with Gasteiger partial charge in [-0.3, -0.25) is 0 Å². The molecule has 0 saturated heterocycles. The average Bonchev–Trinajstić information content (AvgIpc) is 3.64. The molecule has 8 heteroatoms. The van der Waals surface area contributed by atoms with Crippen molar-refractivity contribution in [3.05, 3.63) is 71.4 Å². The Hall–Kier alpha value is -3.78. The third-order valence-electron chi connectivity index (χ3n) is 6.47. The lowest BCUT2D eigenvalue weighted by Gasteiger charge is -2.19.